The zero-order chi connectivity index (χ0) is 18.5. The van der Waals surface area contributed by atoms with Crippen LogP contribution in [0.25, 0.3) is 0 Å². The van der Waals surface area contributed by atoms with Gasteiger partial charge < -0.3 is 18.9 Å². The van der Waals surface area contributed by atoms with E-state index in [0.29, 0.717) is 18.8 Å². The maximum absolute atomic E-state index is 11.7. The van der Waals surface area contributed by atoms with Crippen molar-refractivity contribution in [1.82, 2.24) is 0 Å². The fourth-order valence-electron chi connectivity index (χ4n) is 2.99. The summed E-state index contributed by atoms with van der Waals surface area (Å²) in [5, 5.41) is 0. The molecule has 2 aliphatic rings. The zero-order valence-electron chi connectivity index (χ0n) is 15.5. The van der Waals surface area contributed by atoms with E-state index in [-0.39, 0.29) is 11.5 Å². The number of sulfone groups is 1. The highest BCUT2D eigenvalue weighted by Gasteiger charge is 2.51. The standard InChI is InChI=1S/C17H26BNO5S/c1-16(2)17(3,4)24-18(23-16)13-10-14(12-15(11-13)22-5)19-6-8-25(20,21)9-7-19/h10-12H,6-9H2,1-5H3. The topological polar surface area (TPSA) is 65.1 Å². The zero-order valence-corrected chi connectivity index (χ0v) is 16.4. The summed E-state index contributed by atoms with van der Waals surface area (Å²) in [5.41, 5.74) is 0.973. The highest BCUT2D eigenvalue weighted by molar-refractivity contribution is 7.91. The molecule has 2 fully saturated rings. The van der Waals surface area contributed by atoms with Crippen LogP contribution in [0.3, 0.4) is 0 Å². The largest absolute Gasteiger partial charge is 0.497 e. The van der Waals surface area contributed by atoms with Crippen LogP contribution in [-0.4, -0.2) is 58.4 Å². The molecule has 0 saturated carbocycles. The summed E-state index contributed by atoms with van der Waals surface area (Å²) in [6, 6.07) is 5.83. The third kappa shape index (κ3) is 3.66. The number of hydrogen-bond acceptors (Lipinski definition) is 6. The van der Waals surface area contributed by atoms with Crippen molar-refractivity contribution in [1.29, 1.82) is 0 Å². The van der Waals surface area contributed by atoms with Crippen LogP contribution >= 0.6 is 0 Å². The molecule has 138 valence electrons. The molecule has 1 aromatic rings. The van der Waals surface area contributed by atoms with Gasteiger partial charge in [0.2, 0.25) is 0 Å². The fraction of sp³-hybridized carbons (Fsp3) is 0.647. The average molecular weight is 367 g/mol. The number of methoxy groups -OCH3 is 1. The van der Waals surface area contributed by atoms with E-state index < -0.39 is 28.2 Å². The molecule has 0 atom stereocenters. The summed E-state index contributed by atoms with van der Waals surface area (Å²) < 4.78 is 41.1. The number of benzene rings is 1. The van der Waals surface area contributed by atoms with Crippen molar-refractivity contribution in [3.63, 3.8) is 0 Å². The van der Waals surface area contributed by atoms with E-state index in [1.54, 1.807) is 7.11 Å². The molecule has 0 radical (unpaired) electrons. The molecule has 2 aliphatic heterocycles. The molecular weight excluding hydrogens is 341 g/mol. The third-order valence-electron chi connectivity index (χ3n) is 5.38. The Morgan fingerprint density at radius 2 is 1.60 bits per heavy atom. The SMILES string of the molecule is COc1cc(B2OC(C)(C)C(C)(C)O2)cc(N2CCS(=O)(=O)CC2)c1. The lowest BCUT2D eigenvalue weighted by atomic mass is 9.78. The minimum atomic E-state index is -2.92. The summed E-state index contributed by atoms with van der Waals surface area (Å²) >= 11 is 0. The van der Waals surface area contributed by atoms with Gasteiger partial charge in [0.15, 0.2) is 9.84 Å². The predicted octanol–water partition coefficient (Wildman–Crippen LogP) is 1.23. The Labute approximate surface area is 150 Å². The van der Waals surface area contributed by atoms with Crippen molar-refractivity contribution in [2.45, 2.75) is 38.9 Å². The molecule has 0 aromatic heterocycles. The van der Waals surface area contributed by atoms with Crippen LogP contribution < -0.4 is 15.1 Å². The summed E-state index contributed by atoms with van der Waals surface area (Å²) in [5.74, 6) is 1.06. The lowest BCUT2D eigenvalue weighted by Gasteiger charge is -2.32. The Kier molecular flexibility index (Phi) is 4.58. The third-order valence-corrected chi connectivity index (χ3v) is 6.99. The number of nitrogens with zero attached hydrogens (tertiary/aromatic N) is 1. The first-order chi connectivity index (χ1) is 11.5. The van der Waals surface area contributed by atoms with Gasteiger partial charge in [0, 0.05) is 24.8 Å². The number of rotatable bonds is 3. The van der Waals surface area contributed by atoms with Gasteiger partial charge in [-0.2, -0.15) is 0 Å². The normalized spacial score (nSPS) is 24.4. The van der Waals surface area contributed by atoms with Crippen LogP contribution in [0.2, 0.25) is 0 Å². The van der Waals surface area contributed by atoms with Crippen molar-refractivity contribution in [2.75, 3.05) is 36.6 Å². The van der Waals surface area contributed by atoms with Gasteiger partial charge in [-0.15, -0.1) is 0 Å². The smallest absolute Gasteiger partial charge is 0.495 e. The Balaban J connectivity index is 1.89. The molecule has 0 spiro atoms. The summed E-state index contributed by atoms with van der Waals surface area (Å²) in [7, 11) is -1.78. The van der Waals surface area contributed by atoms with Gasteiger partial charge in [-0.1, -0.05) is 0 Å². The molecule has 0 aliphatic carbocycles. The van der Waals surface area contributed by atoms with Crippen LogP contribution in [0, 0.1) is 0 Å². The molecule has 0 unspecified atom stereocenters. The molecule has 1 aromatic carbocycles. The molecule has 3 rings (SSSR count). The van der Waals surface area contributed by atoms with Crippen LogP contribution in [0.5, 0.6) is 5.75 Å². The van der Waals surface area contributed by atoms with Crippen LogP contribution in [-0.2, 0) is 19.1 Å². The summed E-state index contributed by atoms with van der Waals surface area (Å²) in [6.07, 6.45) is 0. The van der Waals surface area contributed by atoms with E-state index in [1.807, 2.05) is 45.9 Å². The predicted molar refractivity (Wildman–Crippen MR) is 99.6 cm³/mol. The van der Waals surface area contributed by atoms with Crippen molar-refractivity contribution in [3.8, 4) is 5.75 Å². The molecule has 2 saturated heterocycles. The highest BCUT2D eigenvalue weighted by Crippen LogP contribution is 2.37. The molecule has 6 nitrogen and oxygen atoms in total. The molecule has 0 bridgehead atoms. The molecular formula is C17H26BNO5S. The van der Waals surface area contributed by atoms with E-state index in [4.69, 9.17) is 14.0 Å². The van der Waals surface area contributed by atoms with Crippen LogP contribution in [0.4, 0.5) is 5.69 Å². The highest BCUT2D eigenvalue weighted by atomic mass is 32.2. The van der Waals surface area contributed by atoms with Gasteiger partial charge >= 0.3 is 7.12 Å². The van der Waals surface area contributed by atoms with Crippen molar-refractivity contribution in [2.24, 2.45) is 0 Å². The van der Waals surface area contributed by atoms with Crippen molar-refractivity contribution in [3.05, 3.63) is 18.2 Å². The molecule has 0 N–H and O–H groups in total. The van der Waals surface area contributed by atoms with Crippen LogP contribution in [0.15, 0.2) is 18.2 Å². The summed E-state index contributed by atoms with van der Waals surface area (Å²) in [4.78, 5) is 2.07. The first-order valence-corrected chi connectivity index (χ1v) is 10.4. The Hall–Kier alpha value is -1.25. The van der Waals surface area contributed by atoms with Crippen molar-refractivity contribution < 1.29 is 22.5 Å². The van der Waals surface area contributed by atoms with Gasteiger partial charge in [0.25, 0.3) is 0 Å². The Bertz CT molecular complexity index is 732. The number of hydrogen-bond donors (Lipinski definition) is 0. The lowest BCUT2D eigenvalue weighted by molar-refractivity contribution is 0.00578. The number of ether oxygens (including phenoxy) is 1. The van der Waals surface area contributed by atoms with Crippen molar-refractivity contribution >= 4 is 28.1 Å². The minimum absolute atomic E-state index is 0.177. The first kappa shape index (κ1) is 18.5. The van der Waals surface area contributed by atoms with Gasteiger partial charge in [-0.3, -0.25) is 0 Å². The van der Waals surface area contributed by atoms with E-state index in [2.05, 4.69) is 4.90 Å². The molecule has 0 amide bonds. The maximum atomic E-state index is 11.7. The van der Waals surface area contributed by atoms with Gasteiger partial charge in [0.1, 0.15) is 5.75 Å². The first-order valence-electron chi connectivity index (χ1n) is 8.53. The lowest BCUT2D eigenvalue weighted by Crippen LogP contribution is -2.41. The Morgan fingerprint density at radius 3 is 2.12 bits per heavy atom. The van der Waals surface area contributed by atoms with Gasteiger partial charge in [0.05, 0.1) is 29.8 Å². The second kappa shape index (κ2) is 6.18. The minimum Gasteiger partial charge on any atom is -0.497 e. The van der Waals surface area contributed by atoms with Crippen LogP contribution in [0.1, 0.15) is 27.7 Å². The Morgan fingerprint density at radius 1 is 1.04 bits per heavy atom. The second-order valence-electron chi connectivity index (χ2n) is 7.69. The monoisotopic (exact) mass is 367 g/mol. The van der Waals surface area contributed by atoms with Gasteiger partial charge in [-0.25, -0.2) is 8.42 Å². The second-order valence-corrected chi connectivity index (χ2v) is 10.00. The number of anilines is 1. The average Bonchev–Trinajstić information content (AvgIpc) is 2.75. The molecule has 8 heteroatoms. The van der Waals surface area contributed by atoms with E-state index in [1.165, 1.54) is 0 Å². The molecule has 25 heavy (non-hydrogen) atoms. The van der Waals surface area contributed by atoms with E-state index >= 15 is 0 Å². The van der Waals surface area contributed by atoms with E-state index in [9.17, 15) is 8.42 Å². The summed E-state index contributed by atoms with van der Waals surface area (Å²) in [6.45, 7) is 9.04. The van der Waals surface area contributed by atoms with E-state index in [0.717, 1.165) is 11.2 Å². The quantitative estimate of drug-likeness (QED) is 0.749. The maximum Gasteiger partial charge on any atom is 0.495 e. The van der Waals surface area contributed by atoms with Gasteiger partial charge in [-0.05, 0) is 45.3 Å². The fourth-order valence-corrected chi connectivity index (χ4v) is 4.19. The molecule has 2 heterocycles.